The summed E-state index contributed by atoms with van der Waals surface area (Å²) < 4.78 is 57.1. The fourth-order valence-electron chi connectivity index (χ4n) is 3.41. The minimum Gasteiger partial charge on any atom is -0.390 e. The van der Waals surface area contributed by atoms with Gasteiger partial charge in [0, 0.05) is 41.3 Å². The Morgan fingerprint density at radius 2 is 1.58 bits per heavy atom. The molecule has 1 aromatic heterocycles. The van der Waals surface area contributed by atoms with Crippen LogP contribution in [0.15, 0.2) is 36.4 Å². The minimum atomic E-state index is -2.79. The number of aliphatic hydroxyl groups is 1. The van der Waals surface area contributed by atoms with Crippen LogP contribution in [0.2, 0.25) is 0 Å². The van der Waals surface area contributed by atoms with E-state index in [1.807, 2.05) is 0 Å². The molecule has 1 aliphatic heterocycles. The van der Waals surface area contributed by atoms with Crippen LogP contribution in [-0.4, -0.2) is 38.4 Å². The predicted molar refractivity (Wildman–Crippen MR) is 94.1 cm³/mol. The first kappa shape index (κ1) is 17.6. The van der Waals surface area contributed by atoms with Crippen LogP contribution in [-0.2, 0) is 6.54 Å². The molecule has 0 aliphatic carbocycles. The second-order valence-electron chi connectivity index (χ2n) is 6.45. The molecule has 4 rings (SSSR count). The number of hydrogen-bond donors (Lipinski definition) is 1. The van der Waals surface area contributed by atoms with Gasteiger partial charge in [0.25, 0.3) is 0 Å². The van der Waals surface area contributed by atoms with Crippen molar-refractivity contribution in [3.8, 4) is 0 Å². The molecule has 26 heavy (non-hydrogen) atoms. The molecule has 0 radical (unpaired) electrons. The topological polar surface area (TPSA) is 28.4 Å². The summed E-state index contributed by atoms with van der Waals surface area (Å²) in [4.78, 5) is 0. The van der Waals surface area contributed by atoms with Crippen molar-refractivity contribution in [2.75, 3.05) is 13.1 Å². The maximum Gasteiger partial charge on any atom is 0.308 e. The minimum absolute atomic E-state index is 0.0871. The average molecular weight is 384 g/mol. The van der Waals surface area contributed by atoms with E-state index in [4.69, 9.17) is 0 Å². The summed E-state index contributed by atoms with van der Waals surface area (Å²) in [6.45, 7) is 0.433. The number of β-amino-alcohol motifs (C(OH)–C–C–N with tert-alkyl or cyclic N) is 1. The van der Waals surface area contributed by atoms with Crippen LogP contribution in [0.1, 0.15) is 6.42 Å². The van der Waals surface area contributed by atoms with E-state index >= 15 is 0 Å². The summed E-state index contributed by atoms with van der Waals surface area (Å²) in [6, 6.07) is 8.42. The monoisotopic (exact) mass is 384 g/mol. The summed E-state index contributed by atoms with van der Waals surface area (Å²) in [7, 11) is 0. The first-order chi connectivity index (χ1) is 12.3. The first-order valence-electron chi connectivity index (χ1n) is 8.19. The quantitative estimate of drug-likeness (QED) is 0.535. The summed E-state index contributed by atoms with van der Waals surface area (Å²) >= 11 is 0.452. The Balaban J connectivity index is 1.67. The molecular formula is C18H16F4N2OS. The second-order valence-corrected chi connectivity index (χ2v) is 7.75. The Hall–Kier alpha value is -1.77. The van der Waals surface area contributed by atoms with Gasteiger partial charge in [-0.2, -0.15) is 8.78 Å². The Bertz CT molecular complexity index is 915. The lowest BCUT2D eigenvalue weighted by Crippen LogP contribution is -2.29. The third-order valence-corrected chi connectivity index (χ3v) is 5.57. The standard InChI is InChI=1S/C18H16F4N2OS/c19-11-1-3-16-14(7-11)15-8-12(20)2-4-17(15)24(16)10-13(25)9-23-6-5-18(21,22)26-23/h1-4,7-8,13,25H,5-6,9-10H2. The van der Waals surface area contributed by atoms with Crippen LogP contribution < -0.4 is 0 Å². The number of aliphatic hydroxyl groups excluding tert-OH is 1. The van der Waals surface area contributed by atoms with Crippen molar-refractivity contribution in [3.05, 3.63) is 48.0 Å². The summed E-state index contributed by atoms with van der Waals surface area (Å²) in [5, 5.41) is 8.72. The lowest BCUT2D eigenvalue weighted by atomic mass is 10.1. The highest BCUT2D eigenvalue weighted by Gasteiger charge is 2.40. The van der Waals surface area contributed by atoms with Gasteiger partial charge in [0.15, 0.2) is 0 Å². The van der Waals surface area contributed by atoms with Crippen LogP contribution in [0.5, 0.6) is 0 Å². The zero-order valence-corrected chi connectivity index (χ0v) is 14.4. The maximum atomic E-state index is 13.6. The number of alkyl halides is 2. The Morgan fingerprint density at radius 1 is 1.00 bits per heavy atom. The molecule has 2 heterocycles. The van der Waals surface area contributed by atoms with Crippen molar-refractivity contribution in [3.63, 3.8) is 0 Å². The summed E-state index contributed by atoms with van der Waals surface area (Å²) in [5.41, 5.74) is 1.32. The van der Waals surface area contributed by atoms with Crippen molar-refractivity contribution in [1.29, 1.82) is 0 Å². The number of fused-ring (bicyclic) bond motifs is 3. The molecule has 2 aromatic carbocycles. The molecule has 1 fully saturated rings. The normalized spacial score (nSPS) is 18.8. The van der Waals surface area contributed by atoms with E-state index in [-0.39, 0.29) is 26.1 Å². The molecule has 8 heteroatoms. The molecule has 1 aliphatic rings. The maximum absolute atomic E-state index is 13.6. The third-order valence-electron chi connectivity index (χ3n) is 4.51. The Labute approximate surface area is 151 Å². The van der Waals surface area contributed by atoms with Crippen LogP contribution in [0.4, 0.5) is 17.6 Å². The van der Waals surface area contributed by atoms with Crippen molar-refractivity contribution >= 4 is 33.8 Å². The molecule has 3 aromatic rings. The average Bonchev–Trinajstić information content (AvgIpc) is 3.05. The number of hydrogen-bond acceptors (Lipinski definition) is 3. The Kier molecular flexibility index (Phi) is 4.37. The van der Waals surface area contributed by atoms with Crippen LogP contribution in [0.25, 0.3) is 21.8 Å². The van der Waals surface area contributed by atoms with E-state index in [0.29, 0.717) is 33.8 Å². The summed E-state index contributed by atoms with van der Waals surface area (Å²) in [5.74, 6) is -0.867. The van der Waals surface area contributed by atoms with Gasteiger partial charge < -0.3 is 9.67 Å². The number of aromatic nitrogens is 1. The SMILES string of the molecule is OC(CN1CCC(F)(F)S1)Cn1c2ccc(F)cc2c2cc(F)ccc21. The molecule has 0 amide bonds. The van der Waals surface area contributed by atoms with Crippen LogP contribution in [0, 0.1) is 11.6 Å². The first-order valence-corrected chi connectivity index (χ1v) is 8.97. The second kappa shape index (κ2) is 6.44. The highest BCUT2D eigenvalue weighted by Crippen LogP contribution is 2.41. The van der Waals surface area contributed by atoms with Gasteiger partial charge in [-0.15, -0.1) is 0 Å². The van der Waals surface area contributed by atoms with E-state index in [2.05, 4.69) is 0 Å². The number of benzene rings is 2. The van der Waals surface area contributed by atoms with Gasteiger partial charge in [0.05, 0.1) is 12.6 Å². The van der Waals surface area contributed by atoms with Crippen LogP contribution in [0.3, 0.4) is 0 Å². The molecule has 1 N–H and O–H groups in total. The van der Waals surface area contributed by atoms with Crippen molar-refractivity contribution in [2.45, 2.75) is 24.3 Å². The molecule has 1 saturated heterocycles. The van der Waals surface area contributed by atoms with Gasteiger partial charge in [-0.1, -0.05) is 0 Å². The molecule has 1 atom stereocenters. The van der Waals surface area contributed by atoms with Gasteiger partial charge in [-0.25, -0.2) is 13.1 Å². The van der Waals surface area contributed by atoms with Gasteiger partial charge in [0.2, 0.25) is 0 Å². The largest absolute Gasteiger partial charge is 0.390 e. The highest BCUT2D eigenvalue weighted by atomic mass is 32.2. The highest BCUT2D eigenvalue weighted by molar-refractivity contribution is 7.98. The lowest BCUT2D eigenvalue weighted by molar-refractivity contribution is 0.104. The predicted octanol–water partition coefficient (Wildman–Crippen LogP) is 4.38. The molecule has 138 valence electrons. The molecule has 3 nitrogen and oxygen atoms in total. The zero-order valence-electron chi connectivity index (χ0n) is 13.6. The van der Waals surface area contributed by atoms with Crippen molar-refractivity contribution < 1.29 is 22.7 Å². The van der Waals surface area contributed by atoms with Crippen LogP contribution >= 0.6 is 11.9 Å². The van der Waals surface area contributed by atoms with E-state index < -0.39 is 23.0 Å². The molecule has 1 unspecified atom stereocenters. The number of rotatable bonds is 4. The van der Waals surface area contributed by atoms with Gasteiger partial charge >= 0.3 is 5.25 Å². The molecule has 0 bridgehead atoms. The van der Waals surface area contributed by atoms with E-state index in [1.54, 1.807) is 16.7 Å². The summed E-state index contributed by atoms with van der Waals surface area (Å²) in [6.07, 6.45) is -1.14. The van der Waals surface area contributed by atoms with Crippen molar-refractivity contribution in [2.24, 2.45) is 0 Å². The Morgan fingerprint density at radius 3 is 2.08 bits per heavy atom. The molecule has 0 spiro atoms. The fourth-order valence-corrected chi connectivity index (χ4v) is 4.40. The van der Waals surface area contributed by atoms with Crippen molar-refractivity contribution in [1.82, 2.24) is 8.87 Å². The molecule has 0 saturated carbocycles. The fraction of sp³-hybridized carbons (Fsp3) is 0.333. The van der Waals surface area contributed by atoms with E-state index in [9.17, 15) is 22.7 Å². The smallest absolute Gasteiger partial charge is 0.308 e. The van der Waals surface area contributed by atoms with Gasteiger partial charge in [-0.05, 0) is 48.3 Å². The lowest BCUT2D eigenvalue weighted by Gasteiger charge is -2.20. The van der Waals surface area contributed by atoms with Gasteiger partial charge in [0.1, 0.15) is 11.6 Å². The molecular weight excluding hydrogens is 368 g/mol. The number of nitrogens with zero attached hydrogens (tertiary/aromatic N) is 2. The van der Waals surface area contributed by atoms with E-state index in [1.165, 1.54) is 28.6 Å². The van der Waals surface area contributed by atoms with Gasteiger partial charge in [-0.3, -0.25) is 0 Å². The zero-order chi connectivity index (χ0) is 18.5. The third kappa shape index (κ3) is 3.28. The van der Waals surface area contributed by atoms with E-state index in [0.717, 1.165) is 0 Å². The number of halogens is 4.